The molecule has 3 aromatic rings. The Kier molecular flexibility index (Phi) is 7.37. The maximum Gasteiger partial charge on any atom is 0.407 e. The van der Waals surface area contributed by atoms with E-state index < -0.39 is 11.6 Å². The second kappa shape index (κ2) is 10.5. The molecule has 4 rings (SSSR count). The predicted octanol–water partition coefficient (Wildman–Crippen LogP) is 4.47. The van der Waals surface area contributed by atoms with Crippen LogP contribution in [0.15, 0.2) is 36.7 Å². The molecule has 0 spiro atoms. The van der Waals surface area contributed by atoms with Crippen LogP contribution in [0.25, 0.3) is 22.0 Å². The van der Waals surface area contributed by atoms with Gasteiger partial charge in [-0.2, -0.15) is 0 Å². The SMILES string of the molecule is Cc1cnc(C(=O)NC2CC2)cc1-c1ccc2nc(NC(C)(C)CNC(=O)OCC(C)C)ncc2c1. The van der Waals surface area contributed by atoms with Crippen LogP contribution in [-0.2, 0) is 4.74 Å². The zero-order valence-electron chi connectivity index (χ0n) is 21.5. The van der Waals surface area contributed by atoms with Gasteiger partial charge in [0.2, 0.25) is 5.95 Å². The van der Waals surface area contributed by atoms with Crippen molar-refractivity contribution in [3.05, 3.63) is 47.9 Å². The highest BCUT2D eigenvalue weighted by Crippen LogP contribution is 2.28. The lowest BCUT2D eigenvalue weighted by atomic mass is 10.00. The molecule has 1 fully saturated rings. The molecular formula is C27H34N6O3. The van der Waals surface area contributed by atoms with Crippen molar-refractivity contribution < 1.29 is 14.3 Å². The van der Waals surface area contributed by atoms with Gasteiger partial charge in [-0.15, -0.1) is 0 Å². The van der Waals surface area contributed by atoms with Gasteiger partial charge in [0.05, 0.1) is 17.7 Å². The molecule has 0 saturated heterocycles. The van der Waals surface area contributed by atoms with Gasteiger partial charge in [0, 0.05) is 30.4 Å². The zero-order chi connectivity index (χ0) is 25.9. The van der Waals surface area contributed by atoms with E-state index in [1.54, 1.807) is 12.4 Å². The lowest BCUT2D eigenvalue weighted by Crippen LogP contribution is -2.44. The van der Waals surface area contributed by atoms with Crippen LogP contribution >= 0.6 is 0 Å². The van der Waals surface area contributed by atoms with Crippen LogP contribution in [-0.4, -0.2) is 51.7 Å². The fourth-order valence-corrected chi connectivity index (χ4v) is 3.64. The van der Waals surface area contributed by atoms with Gasteiger partial charge in [0.25, 0.3) is 5.91 Å². The fourth-order valence-electron chi connectivity index (χ4n) is 3.64. The number of aromatic nitrogens is 3. The first kappa shape index (κ1) is 25.3. The van der Waals surface area contributed by atoms with Crippen molar-refractivity contribution in [2.75, 3.05) is 18.5 Å². The first-order valence-electron chi connectivity index (χ1n) is 12.3. The number of aryl methyl sites for hydroxylation is 1. The fraction of sp³-hybridized carbons (Fsp3) is 0.444. The number of hydrogen-bond acceptors (Lipinski definition) is 7. The summed E-state index contributed by atoms with van der Waals surface area (Å²) < 4.78 is 5.17. The lowest BCUT2D eigenvalue weighted by molar-refractivity contribution is 0.0946. The average molecular weight is 491 g/mol. The summed E-state index contributed by atoms with van der Waals surface area (Å²) in [5.74, 6) is 0.616. The quantitative estimate of drug-likeness (QED) is 0.405. The molecule has 9 heteroatoms. The number of nitrogens with zero attached hydrogens (tertiary/aromatic N) is 3. The molecule has 2 amide bonds. The van der Waals surface area contributed by atoms with E-state index in [2.05, 4.69) is 30.9 Å². The van der Waals surface area contributed by atoms with E-state index >= 15 is 0 Å². The third-order valence-corrected chi connectivity index (χ3v) is 5.81. The lowest BCUT2D eigenvalue weighted by Gasteiger charge is -2.26. The maximum atomic E-state index is 12.5. The van der Waals surface area contributed by atoms with Gasteiger partial charge in [-0.05, 0) is 74.4 Å². The first-order chi connectivity index (χ1) is 17.1. The number of ether oxygens (including phenoxy) is 1. The van der Waals surface area contributed by atoms with Crippen molar-refractivity contribution in [1.82, 2.24) is 25.6 Å². The van der Waals surface area contributed by atoms with E-state index in [-0.39, 0.29) is 17.9 Å². The number of alkyl carbamates (subject to hydrolysis) is 1. The van der Waals surface area contributed by atoms with Crippen LogP contribution < -0.4 is 16.0 Å². The predicted molar refractivity (Wildman–Crippen MR) is 140 cm³/mol. The van der Waals surface area contributed by atoms with Gasteiger partial charge in [0.15, 0.2) is 0 Å². The van der Waals surface area contributed by atoms with E-state index in [0.717, 1.165) is 40.4 Å². The Hall–Kier alpha value is -3.75. The van der Waals surface area contributed by atoms with E-state index in [9.17, 15) is 9.59 Å². The highest BCUT2D eigenvalue weighted by Gasteiger charge is 2.25. The summed E-state index contributed by atoms with van der Waals surface area (Å²) in [7, 11) is 0. The van der Waals surface area contributed by atoms with Crippen LogP contribution in [0.1, 0.15) is 56.6 Å². The largest absolute Gasteiger partial charge is 0.449 e. The number of nitrogens with one attached hydrogen (secondary N) is 3. The van der Waals surface area contributed by atoms with Crippen molar-refractivity contribution in [3.63, 3.8) is 0 Å². The molecule has 1 aliphatic carbocycles. The summed E-state index contributed by atoms with van der Waals surface area (Å²) >= 11 is 0. The number of fused-ring (bicyclic) bond motifs is 1. The summed E-state index contributed by atoms with van der Waals surface area (Å²) in [5, 5.41) is 9.93. The van der Waals surface area contributed by atoms with Crippen molar-refractivity contribution in [1.29, 1.82) is 0 Å². The Morgan fingerprint density at radius 1 is 1.14 bits per heavy atom. The molecular weight excluding hydrogens is 456 g/mol. The molecule has 0 atom stereocenters. The van der Waals surface area contributed by atoms with Crippen molar-refractivity contribution in [2.24, 2.45) is 5.92 Å². The monoisotopic (exact) mass is 490 g/mol. The summed E-state index contributed by atoms with van der Waals surface area (Å²) in [6.45, 7) is 10.6. The number of anilines is 1. The minimum Gasteiger partial charge on any atom is -0.449 e. The van der Waals surface area contributed by atoms with Gasteiger partial charge in [-0.1, -0.05) is 19.9 Å². The zero-order valence-corrected chi connectivity index (χ0v) is 21.5. The van der Waals surface area contributed by atoms with Crippen molar-refractivity contribution in [2.45, 2.75) is 59.0 Å². The van der Waals surface area contributed by atoms with Crippen LogP contribution in [0.3, 0.4) is 0 Å². The number of carbonyl (C=O) groups excluding carboxylic acids is 2. The van der Waals surface area contributed by atoms with Crippen LogP contribution in [0.2, 0.25) is 0 Å². The van der Waals surface area contributed by atoms with E-state index in [4.69, 9.17) is 4.74 Å². The molecule has 0 unspecified atom stereocenters. The molecule has 1 aliphatic rings. The number of benzene rings is 1. The van der Waals surface area contributed by atoms with Gasteiger partial charge in [-0.25, -0.2) is 14.8 Å². The number of carbonyl (C=O) groups is 2. The van der Waals surface area contributed by atoms with Crippen molar-refractivity contribution in [3.8, 4) is 11.1 Å². The Bertz CT molecular complexity index is 1270. The smallest absolute Gasteiger partial charge is 0.407 e. The number of pyridine rings is 1. The minimum atomic E-state index is -0.490. The number of amides is 2. The molecule has 0 radical (unpaired) electrons. The van der Waals surface area contributed by atoms with Crippen LogP contribution in [0.4, 0.5) is 10.7 Å². The highest BCUT2D eigenvalue weighted by atomic mass is 16.5. The topological polar surface area (TPSA) is 118 Å². The van der Waals surface area contributed by atoms with Crippen LogP contribution in [0.5, 0.6) is 0 Å². The number of hydrogen-bond donors (Lipinski definition) is 3. The molecule has 3 N–H and O–H groups in total. The van der Waals surface area contributed by atoms with Gasteiger partial charge >= 0.3 is 6.09 Å². The summed E-state index contributed by atoms with van der Waals surface area (Å²) in [5.41, 5.74) is 3.62. The molecule has 0 bridgehead atoms. The molecule has 1 aromatic carbocycles. The molecule has 0 aliphatic heterocycles. The standard InChI is InChI=1S/C27H34N6O3/c1-16(2)14-36-26(35)30-15-27(4,5)33-25-29-13-19-10-18(6-9-22(19)32-25)21-11-23(28-12-17(21)3)24(34)31-20-7-8-20/h6,9-13,16,20H,7-8,14-15H2,1-5H3,(H,30,35)(H,31,34)(H,29,32,33). The Morgan fingerprint density at radius 3 is 2.64 bits per heavy atom. The van der Waals surface area contributed by atoms with E-state index in [1.165, 1.54) is 0 Å². The Balaban J connectivity index is 1.46. The van der Waals surface area contributed by atoms with Crippen molar-refractivity contribution >= 4 is 28.9 Å². The third kappa shape index (κ3) is 6.68. The number of rotatable bonds is 9. The molecule has 2 aromatic heterocycles. The first-order valence-corrected chi connectivity index (χ1v) is 12.3. The van der Waals surface area contributed by atoms with Crippen LogP contribution in [0, 0.1) is 12.8 Å². The van der Waals surface area contributed by atoms with Gasteiger partial charge < -0.3 is 20.7 Å². The molecule has 190 valence electrons. The molecule has 2 heterocycles. The summed E-state index contributed by atoms with van der Waals surface area (Å²) in [6, 6.07) is 8.06. The summed E-state index contributed by atoms with van der Waals surface area (Å²) in [4.78, 5) is 37.8. The minimum absolute atomic E-state index is 0.135. The van der Waals surface area contributed by atoms with E-state index in [0.29, 0.717) is 24.8 Å². The average Bonchev–Trinajstić information content (AvgIpc) is 3.65. The summed E-state index contributed by atoms with van der Waals surface area (Å²) in [6.07, 6.45) is 5.13. The van der Waals surface area contributed by atoms with Gasteiger partial charge in [-0.3, -0.25) is 9.78 Å². The second-order valence-electron chi connectivity index (χ2n) is 10.5. The molecule has 9 nitrogen and oxygen atoms in total. The maximum absolute atomic E-state index is 12.5. The second-order valence-corrected chi connectivity index (χ2v) is 10.5. The molecule has 36 heavy (non-hydrogen) atoms. The molecule has 1 saturated carbocycles. The van der Waals surface area contributed by atoms with E-state index in [1.807, 2.05) is 58.9 Å². The third-order valence-electron chi connectivity index (χ3n) is 5.81. The Morgan fingerprint density at radius 2 is 1.92 bits per heavy atom. The highest BCUT2D eigenvalue weighted by molar-refractivity contribution is 5.94. The normalized spacial score (nSPS) is 13.5. The Labute approximate surface area is 211 Å². The van der Waals surface area contributed by atoms with Gasteiger partial charge in [0.1, 0.15) is 5.69 Å².